The summed E-state index contributed by atoms with van der Waals surface area (Å²) in [6.07, 6.45) is 2.64. The molecule has 0 radical (unpaired) electrons. The van der Waals surface area contributed by atoms with E-state index in [0.717, 1.165) is 34.9 Å². The molecular formula is C24H23N5O3. The standard InChI is InChI=1S/C24H23N5O3/c1-14-6-9-19-15(2)20(24(31)32-21(19)12-14)10-11-22(30)25-17-5-3-4-16(13-17)23-26-27-28-29(23)18-7-8-18/h3-6,9,12-13,18H,7-8,10-11H2,1-2H3,(H,25,30). The number of anilines is 1. The van der Waals surface area contributed by atoms with Crippen LogP contribution in [0.5, 0.6) is 0 Å². The van der Waals surface area contributed by atoms with Gasteiger partial charge in [-0.2, -0.15) is 0 Å². The number of aromatic nitrogens is 4. The van der Waals surface area contributed by atoms with Crippen molar-refractivity contribution < 1.29 is 9.21 Å². The van der Waals surface area contributed by atoms with E-state index in [0.29, 0.717) is 35.1 Å². The number of tetrazole rings is 1. The van der Waals surface area contributed by atoms with Crippen molar-refractivity contribution in [2.45, 2.75) is 45.6 Å². The first kappa shape index (κ1) is 20.1. The van der Waals surface area contributed by atoms with Crippen LogP contribution in [0.3, 0.4) is 0 Å². The van der Waals surface area contributed by atoms with Gasteiger partial charge in [-0.25, -0.2) is 9.48 Å². The summed E-state index contributed by atoms with van der Waals surface area (Å²) < 4.78 is 7.33. The molecule has 0 atom stereocenters. The highest BCUT2D eigenvalue weighted by molar-refractivity contribution is 5.91. The molecule has 1 saturated carbocycles. The summed E-state index contributed by atoms with van der Waals surface area (Å²) in [5, 5.41) is 15.8. The third-order valence-corrected chi connectivity index (χ3v) is 5.83. The Kier molecular flexibility index (Phi) is 5.05. The molecular weight excluding hydrogens is 406 g/mol. The van der Waals surface area contributed by atoms with Crippen LogP contribution < -0.4 is 10.9 Å². The number of nitrogens with zero attached hydrogens (tertiary/aromatic N) is 4. The van der Waals surface area contributed by atoms with E-state index in [1.807, 2.05) is 61.0 Å². The lowest BCUT2D eigenvalue weighted by molar-refractivity contribution is -0.116. The molecule has 2 aromatic heterocycles. The molecule has 5 rings (SSSR count). The maximum absolute atomic E-state index is 12.6. The van der Waals surface area contributed by atoms with Crippen LogP contribution in [0, 0.1) is 13.8 Å². The van der Waals surface area contributed by atoms with Gasteiger partial charge in [0.05, 0.1) is 6.04 Å². The van der Waals surface area contributed by atoms with E-state index in [9.17, 15) is 9.59 Å². The fourth-order valence-corrected chi connectivity index (χ4v) is 3.94. The molecule has 0 unspecified atom stereocenters. The van der Waals surface area contributed by atoms with Gasteiger partial charge in [0.25, 0.3) is 0 Å². The van der Waals surface area contributed by atoms with Crippen molar-refractivity contribution >= 4 is 22.6 Å². The van der Waals surface area contributed by atoms with E-state index >= 15 is 0 Å². The fraction of sp³-hybridized carbons (Fsp3) is 0.292. The number of amides is 1. The van der Waals surface area contributed by atoms with Crippen molar-refractivity contribution in [3.63, 3.8) is 0 Å². The number of hydrogen-bond acceptors (Lipinski definition) is 6. The molecule has 4 aromatic rings. The average Bonchev–Trinajstić information content (AvgIpc) is 3.49. The van der Waals surface area contributed by atoms with E-state index < -0.39 is 0 Å². The average molecular weight is 429 g/mol. The van der Waals surface area contributed by atoms with Crippen molar-refractivity contribution in [2.24, 2.45) is 0 Å². The molecule has 0 bridgehead atoms. The zero-order valence-corrected chi connectivity index (χ0v) is 18.0. The highest BCUT2D eigenvalue weighted by atomic mass is 16.4. The van der Waals surface area contributed by atoms with Crippen LogP contribution in [0.4, 0.5) is 5.69 Å². The van der Waals surface area contributed by atoms with E-state index in [4.69, 9.17) is 4.42 Å². The van der Waals surface area contributed by atoms with Crippen LogP contribution >= 0.6 is 0 Å². The summed E-state index contributed by atoms with van der Waals surface area (Å²) in [6, 6.07) is 13.6. The SMILES string of the molecule is Cc1ccc2c(C)c(CCC(=O)Nc3cccc(-c4nnnn4C4CC4)c3)c(=O)oc2c1. The van der Waals surface area contributed by atoms with Gasteiger partial charge < -0.3 is 9.73 Å². The van der Waals surface area contributed by atoms with Crippen LogP contribution in [0.2, 0.25) is 0 Å². The monoisotopic (exact) mass is 429 g/mol. The largest absolute Gasteiger partial charge is 0.423 e. The first-order valence-electron chi connectivity index (χ1n) is 10.7. The van der Waals surface area contributed by atoms with E-state index in [1.165, 1.54) is 0 Å². The number of nitrogens with one attached hydrogen (secondary N) is 1. The summed E-state index contributed by atoms with van der Waals surface area (Å²) in [5.41, 5.74) is 4.12. The van der Waals surface area contributed by atoms with Crippen molar-refractivity contribution in [2.75, 3.05) is 5.32 Å². The van der Waals surface area contributed by atoms with Gasteiger partial charge >= 0.3 is 5.63 Å². The first-order valence-corrected chi connectivity index (χ1v) is 10.7. The third kappa shape index (κ3) is 3.91. The lowest BCUT2D eigenvalue weighted by atomic mass is 10.0. The molecule has 8 heteroatoms. The molecule has 1 N–H and O–H groups in total. The summed E-state index contributed by atoms with van der Waals surface area (Å²) in [7, 11) is 0. The maximum Gasteiger partial charge on any atom is 0.339 e. The highest BCUT2D eigenvalue weighted by Crippen LogP contribution is 2.36. The number of benzene rings is 2. The topological polar surface area (TPSA) is 103 Å². The van der Waals surface area contributed by atoms with Gasteiger partial charge in [0.2, 0.25) is 5.91 Å². The maximum atomic E-state index is 12.6. The summed E-state index contributed by atoms with van der Waals surface area (Å²) in [4.78, 5) is 25.1. The molecule has 1 aliphatic rings. The minimum Gasteiger partial charge on any atom is -0.423 e. The Morgan fingerprint density at radius 1 is 1.19 bits per heavy atom. The summed E-state index contributed by atoms with van der Waals surface area (Å²) in [6.45, 7) is 3.85. The highest BCUT2D eigenvalue weighted by Gasteiger charge is 2.28. The Hall–Kier alpha value is -3.81. The Bertz CT molecular complexity index is 1380. The number of rotatable bonds is 6. The van der Waals surface area contributed by atoms with Crippen LogP contribution in [-0.2, 0) is 11.2 Å². The second-order valence-corrected chi connectivity index (χ2v) is 8.30. The minimum atomic E-state index is -0.387. The number of carbonyl (C=O) groups excluding carboxylic acids is 1. The van der Waals surface area contributed by atoms with E-state index in [1.54, 1.807) is 0 Å². The van der Waals surface area contributed by atoms with Crippen molar-refractivity contribution in [3.05, 3.63) is 69.6 Å². The molecule has 1 amide bonds. The van der Waals surface area contributed by atoms with Crippen molar-refractivity contribution in [3.8, 4) is 11.4 Å². The predicted molar refractivity (Wildman–Crippen MR) is 120 cm³/mol. The number of fused-ring (bicyclic) bond motifs is 1. The quantitative estimate of drug-likeness (QED) is 0.465. The summed E-state index contributed by atoms with van der Waals surface area (Å²) >= 11 is 0. The molecule has 0 spiro atoms. The normalized spacial score (nSPS) is 13.4. The van der Waals surface area contributed by atoms with Gasteiger partial charge in [0, 0.05) is 28.6 Å². The smallest absolute Gasteiger partial charge is 0.339 e. The lowest BCUT2D eigenvalue weighted by Gasteiger charge is -2.10. The van der Waals surface area contributed by atoms with Crippen LogP contribution in [0.1, 0.15) is 42.0 Å². The number of carbonyl (C=O) groups is 1. The molecule has 1 aliphatic carbocycles. The van der Waals surface area contributed by atoms with Gasteiger partial charge in [-0.3, -0.25) is 4.79 Å². The Labute approximate surface area is 184 Å². The second kappa shape index (κ2) is 8.03. The van der Waals surface area contributed by atoms with Gasteiger partial charge in [-0.1, -0.05) is 24.3 Å². The zero-order chi connectivity index (χ0) is 22.2. The Balaban J connectivity index is 1.30. The molecule has 2 aromatic carbocycles. The lowest BCUT2D eigenvalue weighted by Crippen LogP contribution is -2.16. The van der Waals surface area contributed by atoms with Crippen LogP contribution in [-0.4, -0.2) is 26.1 Å². The van der Waals surface area contributed by atoms with Gasteiger partial charge in [-0.15, -0.1) is 5.10 Å². The third-order valence-electron chi connectivity index (χ3n) is 5.83. The molecule has 32 heavy (non-hydrogen) atoms. The molecule has 8 nitrogen and oxygen atoms in total. The molecule has 0 saturated heterocycles. The van der Waals surface area contributed by atoms with Crippen LogP contribution in [0.25, 0.3) is 22.4 Å². The Morgan fingerprint density at radius 2 is 2.03 bits per heavy atom. The van der Waals surface area contributed by atoms with Gasteiger partial charge in [-0.05, 0) is 72.9 Å². The first-order chi connectivity index (χ1) is 15.5. The number of hydrogen-bond donors (Lipinski definition) is 1. The molecule has 162 valence electrons. The predicted octanol–water partition coefficient (Wildman–Crippen LogP) is 3.97. The minimum absolute atomic E-state index is 0.174. The molecule has 0 aliphatic heterocycles. The summed E-state index contributed by atoms with van der Waals surface area (Å²) in [5.74, 6) is 0.523. The molecule has 1 fully saturated rings. The van der Waals surface area contributed by atoms with Gasteiger partial charge in [0.1, 0.15) is 5.58 Å². The van der Waals surface area contributed by atoms with Crippen LogP contribution in [0.15, 0.2) is 51.7 Å². The van der Waals surface area contributed by atoms with E-state index in [2.05, 4.69) is 20.8 Å². The number of aryl methyl sites for hydroxylation is 2. The fourth-order valence-electron chi connectivity index (χ4n) is 3.94. The second-order valence-electron chi connectivity index (χ2n) is 8.30. The van der Waals surface area contributed by atoms with Crippen molar-refractivity contribution in [1.82, 2.24) is 20.2 Å². The molecule has 2 heterocycles. The Morgan fingerprint density at radius 3 is 2.84 bits per heavy atom. The van der Waals surface area contributed by atoms with Gasteiger partial charge in [0.15, 0.2) is 5.82 Å². The van der Waals surface area contributed by atoms with E-state index in [-0.39, 0.29) is 18.0 Å². The van der Waals surface area contributed by atoms with Crippen molar-refractivity contribution in [1.29, 1.82) is 0 Å². The zero-order valence-electron chi connectivity index (χ0n) is 18.0.